The fourth-order valence-corrected chi connectivity index (χ4v) is 5.79. The number of ether oxygens (including phenoxy) is 1. The Morgan fingerprint density at radius 1 is 0.909 bits per heavy atom. The largest absolute Gasteiger partial charge is 0.493 e. The summed E-state index contributed by atoms with van der Waals surface area (Å²) in [5.74, 6) is -0.222. The van der Waals surface area contributed by atoms with Crippen LogP contribution in [0.5, 0.6) is 5.75 Å². The number of anilines is 1. The van der Waals surface area contributed by atoms with E-state index in [2.05, 4.69) is 43.5 Å². The van der Waals surface area contributed by atoms with Crippen molar-refractivity contribution in [2.45, 2.75) is 70.6 Å². The fourth-order valence-electron chi connectivity index (χ4n) is 5.43. The summed E-state index contributed by atoms with van der Waals surface area (Å²) in [6.07, 6.45) is 6.72. The molecule has 236 valence electrons. The van der Waals surface area contributed by atoms with Gasteiger partial charge in [-0.25, -0.2) is 0 Å². The third kappa shape index (κ3) is 10.2. The lowest BCUT2D eigenvalue weighted by Gasteiger charge is -2.22. The Balaban J connectivity index is 1.45. The number of rotatable bonds is 12. The van der Waals surface area contributed by atoms with E-state index in [-0.39, 0.29) is 17.9 Å². The molecule has 9 heteroatoms. The summed E-state index contributed by atoms with van der Waals surface area (Å²) in [6.45, 7) is 6.97. The van der Waals surface area contributed by atoms with Gasteiger partial charge in [0.15, 0.2) is 0 Å². The molecule has 0 bridgehead atoms. The van der Waals surface area contributed by atoms with Crippen LogP contribution in [-0.4, -0.2) is 43.7 Å². The molecule has 1 atom stereocenters. The van der Waals surface area contributed by atoms with Crippen molar-refractivity contribution in [3.63, 3.8) is 0 Å². The summed E-state index contributed by atoms with van der Waals surface area (Å²) in [5.41, 5.74) is 3.95. The van der Waals surface area contributed by atoms with Crippen molar-refractivity contribution >= 4 is 27.6 Å². The molecule has 0 heterocycles. The SMILES string of the molecule is CC(C)(C)c1ccc(C(Cc2ccc(C(=O)NCCS(=O)(=O)O)cc2)C(=O)Nc2ccc(OCC3CCCCC3)cc2)cc1. The Labute approximate surface area is 261 Å². The van der Waals surface area contributed by atoms with Gasteiger partial charge >= 0.3 is 0 Å². The average molecular weight is 621 g/mol. The second-order valence-electron chi connectivity index (χ2n) is 12.7. The van der Waals surface area contributed by atoms with Crippen LogP contribution in [0.15, 0.2) is 72.8 Å². The highest BCUT2D eigenvalue weighted by Gasteiger charge is 2.23. The van der Waals surface area contributed by atoms with Gasteiger partial charge in [-0.2, -0.15) is 8.42 Å². The van der Waals surface area contributed by atoms with Gasteiger partial charge in [-0.3, -0.25) is 14.1 Å². The molecule has 3 aromatic rings. The quantitative estimate of drug-likeness (QED) is 0.198. The Morgan fingerprint density at radius 3 is 2.14 bits per heavy atom. The van der Waals surface area contributed by atoms with Crippen molar-refractivity contribution in [3.05, 3.63) is 95.1 Å². The number of hydrogen-bond acceptors (Lipinski definition) is 5. The van der Waals surface area contributed by atoms with Crippen LogP contribution in [0.3, 0.4) is 0 Å². The van der Waals surface area contributed by atoms with E-state index in [4.69, 9.17) is 9.29 Å². The van der Waals surface area contributed by atoms with E-state index in [0.717, 1.165) is 23.5 Å². The average Bonchev–Trinajstić information content (AvgIpc) is 2.99. The number of carbonyl (C=O) groups is 2. The third-order valence-electron chi connectivity index (χ3n) is 8.13. The summed E-state index contributed by atoms with van der Waals surface area (Å²) in [5, 5.41) is 5.56. The van der Waals surface area contributed by atoms with Crippen LogP contribution < -0.4 is 15.4 Å². The number of carbonyl (C=O) groups excluding carboxylic acids is 2. The molecule has 2 amide bonds. The molecule has 1 unspecified atom stereocenters. The van der Waals surface area contributed by atoms with Gasteiger partial charge in [0.25, 0.3) is 16.0 Å². The van der Waals surface area contributed by atoms with Gasteiger partial charge in [0.2, 0.25) is 5.91 Å². The second-order valence-corrected chi connectivity index (χ2v) is 14.3. The molecule has 44 heavy (non-hydrogen) atoms. The Kier molecular flexibility index (Phi) is 11.2. The number of nitrogens with one attached hydrogen (secondary N) is 2. The topological polar surface area (TPSA) is 122 Å². The molecule has 1 aliphatic carbocycles. The predicted molar refractivity (Wildman–Crippen MR) is 174 cm³/mol. The van der Waals surface area contributed by atoms with E-state index in [1.165, 1.54) is 37.7 Å². The first-order valence-electron chi connectivity index (χ1n) is 15.3. The highest BCUT2D eigenvalue weighted by atomic mass is 32.2. The third-order valence-corrected chi connectivity index (χ3v) is 8.85. The van der Waals surface area contributed by atoms with Crippen LogP contribution in [0.4, 0.5) is 5.69 Å². The molecule has 0 aliphatic heterocycles. The standard InChI is InChI=1S/C35H44N2O6S/c1-35(2,3)29-15-13-27(14-16-29)32(23-25-9-11-28(12-10-25)33(38)36-21-22-44(40,41)42)34(39)37-30-17-19-31(20-18-30)43-24-26-7-5-4-6-8-26/h9-20,26,32H,4-8,21-24H2,1-3H3,(H,36,38)(H,37,39)(H,40,41,42). The van der Waals surface area contributed by atoms with E-state index in [1.807, 2.05) is 36.4 Å². The molecule has 0 saturated heterocycles. The molecule has 1 aliphatic rings. The van der Waals surface area contributed by atoms with Crippen LogP contribution >= 0.6 is 0 Å². The predicted octanol–water partition coefficient (Wildman–Crippen LogP) is 6.53. The first-order valence-corrected chi connectivity index (χ1v) is 16.9. The minimum atomic E-state index is -4.16. The lowest BCUT2D eigenvalue weighted by atomic mass is 9.84. The van der Waals surface area contributed by atoms with Gasteiger partial charge < -0.3 is 15.4 Å². The highest BCUT2D eigenvalue weighted by Crippen LogP contribution is 2.29. The van der Waals surface area contributed by atoms with Gasteiger partial charge in [0.1, 0.15) is 5.75 Å². The molecule has 3 aromatic carbocycles. The molecule has 1 fully saturated rings. The maximum absolute atomic E-state index is 13.7. The Hall–Kier alpha value is -3.69. The summed E-state index contributed by atoms with van der Waals surface area (Å²) in [6, 6.07) is 22.5. The summed E-state index contributed by atoms with van der Waals surface area (Å²) in [7, 11) is -4.16. The highest BCUT2D eigenvalue weighted by molar-refractivity contribution is 7.85. The maximum Gasteiger partial charge on any atom is 0.266 e. The van der Waals surface area contributed by atoms with Crippen LogP contribution in [-0.2, 0) is 26.7 Å². The Morgan fingerprint density at radius 2 is 1.55 bits per heavy atom. The summed E-state index contributed by atoms with van der Waals surface area (Å²) >= 11 is 0. The van der Waals surface area contributed by atoms with E-state index in [1.54, 1.807) is 24.3 Å². The fraction of sp³-hybridized carbons (Fsp3) is 0.429. The second kappa shape index (κ2) is 14.9. The zero-order valence-electron chi connectivity index (χ0n) is 25.8. The molecule has 0 spiro atoms. The van der Waals surface area contributed by atoms with Gasteiger partial charge in [0, 0.05) is 17.8 Å². The van der Waals surface area contributed by atoms with Gasteiger partial charge in [0.05, 0.1) is 18.3 Å². The van der Waals surface area contributed by atoms with Crippen molar-refractivity contribution < 1.29 is 27.3 Å². The first-order chi connectivity index (χ1) is 20.9. The molecule has 8 nitrogen and oxygen atoms in total. The van der Waals surface area contributed by atoms with Crippen molar-refractivity contribution in [2.75, 3.05) is 24.2 Å². The van der Waals surface area contributed by atoms with E-state index in [0.29, 0.717) is 23.6 Å². The smallest absolute Gasteiger partial charge is 0.266 e. The lowest BCUT2D eigenvalue weighted by molar-refractivity contribution is -0.117. The summed E-state index contributed by atoms with van der Waals surface area (Å²) < 4.78 is 36.7. The molecule has 3 N–H and O–H groups in total. The van der Waals surface area contributed by atoms with E-state index in [9.17, 15) is 18.0 Å². The number of hydrogen-bond donors (Lipinski definition) is 3. The first kappa shape index (κ1) is 33.2. The van der Waals surface area contributed by atoms with Crippen LogP contribution in [0.1, 0.15) is 85.8 Å². The summed E-state index contributed by atoms with van der Waals surface area (Å²) in [4.78, 5) is 26.1. The van der Waals surface area contributed by atoms with Gasteiger partial charge in [-0.1, -0.05) is 76.4 Å². The van der Waals surface area contributed by atoms with Gasteiger partial charge in [-0.15, -0.1) is 0 Å². The Bertz CT molecular complexity index is 1490. The number of amides is 2. The van der Waals surface area contributed by atoms with Gasteiger partial charge in [-0.05, 0) is 83.7 Å². The minimum absolute atomic E-state index is 0.0190. The minimum Gasteiger partial charge on any atom is -0.493 e. The molecule has 0 aromatic heterocycles. The molecular formula is C35H44N2O6S. The van der Waals surface area contributed by atoms with Crippen molar-refractivity contribution in [1.82, 2.24) is 5.32 Å². The van der Waals surface area contributed by atoms with Crippen LogP contribution in [0, 0.1) is 5.92 Å². The van der Waals surface area contributed by atoms with Crippen molar-refractivity contribution in [3.8, 4) is 5.75 Å². The molecule has 1 saturated carbocycles. The zero-order chi connectivity index (χ0) is 31.7. The van der Waals surface area contributed by atoms with Crippen LogP contribution in [0.2, 0.25) is 0 Å². The molecule has 4 rings (SSSR count). The van der Waals surface area contributed by atoms with Crippen molar-refractivity contribution in [2.24, 2.45) is 5.92 Å². The lowest BCUT2D eigenvalue weighted by Crippen LogP contribution is -2.28. The monoisotopic (exact) mass is 620 g/mol. The number of benzene rings is 3. The van der Waals surface area contributed by atoms with E-state index >= 15 is 0 Å². The molecule has 0 radical (unpaired) electrons. The zero-order valence-corrected chi connectivity index (χ0v) is 26.7. The van der Waals surface area contributed by atoms with Crippen LogP contribution in [0.25, 0.3) is 0 Å². The van der Waals surface area contributed by atoms with E-state index < -0.39 is 27.7 Å². The normalized spacial score (nSPS) is 14.9. The van der Waals surface area contributed by atoms with Crippen molar-refractivity contribution in [1.29, 1.82) is 0 Å². The molecular weight excluding hydrogens is 576 g/mol. The maximum atomic E-state index is 13.7.